The second-order valence-corrected chi connectivity index (χ2v) is 5.57. The molecular weight excluding hydrogens is 206 g/mol. The Morgan fingerprint density at radius 2 is 1.35 bits per heavy atom. The average Bonchev–Trinajstić information content (AvgIpc) is 2.33. The summed E-state index contributed by atoms with van der Waals surface area (Å²) in [4.78, 5) is 0. The van der Waals surface area contributed by atoms with Crippen molar-refractivity contribution >= 4 is 0 Å². The first-order chi connectivity index (χ1) is 8.31. The van der Waals surface area contributed by atoms with Gasteiger partial charge in [-0.2, -0.15) is 0 Å². The second-order valence-electron chi connectivity index (χ2n) is 5.57. The van der Waals surface area contributed by atoms with Gasteiger partial charge in [0.1, 0.15) is 0 Å². The summed E-state index contributed by atoms with van der Waals surface area (Å²) in [6, 6.07) is 0. The Hall–Kier alpha value is -0.0400. The molecule has 1 unspecified atom stereocenters. The molecule has 0 bridgehead atoms. The van der Waals surface area contributed by atoms with Crippen molar-refractivity contribution < 1.29 is 0 Å². The summed E-state index contributed by atoms with van der Waals surface area (Å²) >= 11 is 0. The Balaban J connectivity index is 3.08. The lowest BCUT2D eigenvalue weighted by Gasteiger charge is -2.12. The van der Waals surface area contributed by atoms with Crippen LogP contribution in [0.4, 0.5) is 0 Å². The number of hydrogen-bond acceptors (Lipinski definition) is 1. The van der Waals surface area contributed by atoms with E-state index in [2.05, 4.69) is 26.1 Å². The van der Waals surface area contributed by atoms with Crippen LogP contribution >= 0.6 is 0 Å². The van der Waals surface area contributed by atoms with Gasteiger partial charge in [-0.15, -0.1) is 0 Å². The van der Waals surface area contributed by atoms with Crippen molar-refractivity contribution in [3.05, 3.63) is 0 Å². The third-order valence-electron chi connectivity index (χ3n) is 3.50. The van der Waals surface area contributed by atoms with Crippen LogP contribution in [0.25, 0.3) is 0 Å². The quantitative estimate of drug-likeness (QED) is 0.440. The van der Waals surface area contributed by atoms with Crippen molar-refractivity contribution in [1.82, 2.24) is 5.32 Å². The molecule has 1 heteroatoms. The van der Waals surface area contributed by atoms with E-state index in [9.17, 15) is 0 Å². The minimum Gasteiger partial charge on any atom is -0.316 e. The lowest BCUT2D eigenvalue weighted by Crippen LogP contribution is -2.22. The van der Waals surface area contributed by atoms with Gasteiger partial charge in [0, 0.05) is 0 Å². The Bertz CT molecular complexity index is 133. The first-order valence-electron chi connectivity index (χ1n) is 8.02. The monoisotopic (exact) mass is 241 g/mol. The van der Waals surface area contributed by atoms with Gasteiger partial charge in [-0.3, -0.25) is 0 Å². The van der Waals surface area contributed by atoms with Crippen LogP contribution in [0.15, 0.2) is 0 Å². The van der Waals surface area contributed by atoms with Crippen molar-refractivity contribution in [3.63, 3.8) is 0 Å². The van der Waals surface area contributed by atoms with Crippen LogP contribution in [0, 0.1) is 5.92 Å². The first-order valence-corrected chi connectivity index (χ1v) is 8.02. The largest absolute Gasteiger partial charge is 0.316 e. The minimum atomic E-state index is 0.863. The molecule has 104 valence electrons. The number of hydrogen-bond donors (Lipinski definition) is 1. The zero-order chi connectivity index (χ0) is 12.8. The van der Waals surface area contributed by atoms with Gasteiger partial charge < -0.3 is 5.32 Å². The van der Waals surface area contributed by atoms with E-state index in [1.54, 1.807) is 0 Å². The van der Waals surface area contributed by atoms with E-state index in [0.717, 1.165) is 5.92 Å². The van der Waals surface area contributed by atoms with Crippen LogP contribution in [-0.4, -0.2) is 13.1 Å². The van der Waals surface area contributed by atoms with Gasteiger partial charge in [-0.05, 0) is 31.8 Å². The third kappa shape index (κ3) is 13.9. The van der Waals surface area contributed by atoms with Crippen LogP contribution < -0.4 is 5.32 Å². The smallest absolute Gasteiger partial charge is 0.00232 e. The maximum absolute atomic E-state index is 3.60. The molecule has 1 nitrogen and oxygen atoms in total. The van der Waals surface area contributed by atoms with E-state index in [1.807, 2.05) is 0 Å². The van der Waals surface area contributed by atoms with Crippen LogP contribution in [0.5, 0.6) is 0 Å². The minimum absolute atomic E-state index is 0.863. The molecule has 0 spiro atoms. The van der Waals surface area contributed by atoms with Crippen molar-refractivity contribution in [3.8, 4) is 0 Å². The van der Waals surface area contributed by atoms with Crippen molar-refractivity contribution in [2.75, 3.05) is 13.1 Å². The van der Waals surface area contributed by atoms with Crippen LogP contribution in [-0.2, 0) is 0 Å². The topological polar surface area (TPSA) is 12.0 Å². The average molecular weight is 241 g/mol. The molecule has 0 fully saturated rings. The van der Waals surface area contributed by atoms with Crippen LogP contribution in [0.2, 0.25) is 0 Å². The van der Waals surface area contributed by atoms with Crippen LogP contribution in [0.1, 0.15) is 85.0 Å². The van der Waals surface area contributed by atoms with Crippen LogP contribution in [0.3, 0.4) is 0 Å². The van der Waals surface area contributed by atoms with E-state index in [1.165, 1.54) is 77.3 Å². The van der Waals surface area contributed by atoms with E-state index in [0.29, 0.717) is 0 Å². The summed E-state index contributed by atoms with van der Waals surface area (Å²) in [5, 5.41) is 3.60. The molecule has 0 saturated heterocycles. The van der Waals surface area contributed by atoms with Gasteiger partial charge in [0.2, 0.25) is 0 Å². The highest BCUT2D eigenvalue weighted by atomic mass is 14.8. The zero-order valence-corrected chi connectivity index (χ0v) is 12.6. The predicted molar refractivity (Wildman–Crippen MR) is 79.6 cm³/mol. The predicted octanol–water partition coefficient (Wildman–Crippen LogP) is 5.15. The molecule has 1 N–H and O–H groups in total. The summed E-state index contributed by atoms with van der Waals surface area (Å²) in [6.45, 7) is 9.39. The molecule has 0 radical (unpaired) electrons. The second kappa shape index (κ2) is 14.0. The standard InChI is InChI=1S/C16H35N/c1-4-6-8-10-12-14-17-15-16(3)13-11-9-7-5-2/h16-17H,4-15H2,1-3H3. The molecule has 0 rings (SSSR count). The Morgan fingerprint density at radius 3 is 2.00 bits per heavy atom. The Morgan fingerprint density at radius 1 is 0.765 bits per heavy atom. The Labute approximate surface area is 110 Å². The summed E-state index contributed by atoms with van der Waals surface area (Å²) in [5.74, 6) is 0.863. The summed E-state index contributed by atoms with van der Waals surface area (Å²) in [6.07, 6.45) is 14.0. The SMILES string of the molecule is CCCCCCCNCC(C)CCCCCC. The fourth-order valence-corrected chi connectivity index (χ4v) is 2.22. The molecule has 0 heterocycles. The zero-order valence-electron chi connectivity index (χ0n) is 12.6. The summed E-state index contributed by atoms with van der Waals surface area (Å²) < 4.78 is 0. The number of rotatable bonds is 13. The van der Waals surface area contributed by atoms with E-state index in [-0.39, 0.29) is 0 Å². The van der Waals surface area contributed by atoms with Gasteiger partial charge in [-0.1, -0.05) is 72.1 Å². The highest BCUT2D eigenvalue weighted by Crippen LogP contribution is 2.09. The molecule has 0 aromatic carbocycles. The summed E-state index contributed by atoms with van der Waals surface area (Å²) in [5.41, 5.74) is 0. The highest BCUT2D eigenvalue weighted by molar-refractivity contribution is 4.58. The molecule has 0 aliphatic carbocycles. The lowest BCUT2D eigenvalue weighted by atomic mass is 10.0. The van der Waals surface area contributed by atoms with Gasteiger partial charge in [-0.25, -0.2) is 0 Å². The molecule has 0 saturated carbocycles. The fraction of sp³-hybridized carbons (Fsp3) is 1.00. The molecule has 0 aliphatic rings. The first kappa shape index (κ1) is 17.0. The maximum atomic E-state index is 3.60. The summed E-state index contributed by atoms with van der Waals surface area (Å²) in [7, 11) is 0. The van der Waals surface area contributed by atoms with Gasteiger partial charge in [0.25, 0.3) is 0 Å². The van der Waals surface area contributed by atoms with E-state index in [4.69, 9.17) is 0 Å². The van der Waals surface area contributed by atoms with Crippen molar-refractivity contribution in [1.29, 1.82) is 0 Å². The molecule has 1 atom stereocenters. The molecule has 17 heavy (non-hydrogen) atoms. The highest BCUT2D eigenvalue weighted by Gasteiger charge is 2.00. The van der Waals surface area contributed by atoms with E-state index < -0.39 is 0 Å². The molecule has 0 aromatic heterocycles. The Kier molecular flexibility index (Phi) is 14.0. The van der Waals surface area contributed by atoms with Gasteiger partial charge >= 0.3 is 0 Å². The molecule has 0 aromatic rings. The fourth-order valence-electron chi connectivity index (χ4n) is 2.22. The van der Waals surface area contributed by atoms with Gasteiger partial charge in [0.15, 0.2) is 0 Å². The van der Waals surface area contributed by atoms with E-state index >= 15 is 0 Å². The maximum Gasteiger partial charge on any atom is -0.00232 e. The number of nitrogens with one attached hydrogen (secondary N) is 1. The lowest BCUT2D eigenvalue weighted by molar-refractivity contribution is 0.448. The van der Waals surface area contributed by atoms with Gasteiger partial charge in [0.05, 0.1) is 0 Å². The molecule has 0 amide bonds. The number of unbranched alkanes of at least 4 members (excludes halogenated alkanes) is 7. The van der Waals surface area contributed by atoms with Crippen molar-refractivity contribution in [2.24, 2.45) is 5.92 Å². The molecule has 0 aliphatic heterocycles. The van der Waals surface area contributed by atoms with Crippen molar-refractivity contribution in [2.45, 2.75) is 85.0 Å². The normalized spacial score (nSPS) is 12.9. The molecular formula is C16H35N. The third-order valence-corrected chi connectivity index (χ3v) is 3.50.